The number of hydrogen-bond acceptors (Lipinski definition) is 3. The Morgan fingerprint density at radius 1 is 1.26 bits per heavy atom. The number of benzene rings is 1. The third-order valence-electron chi connectivity index (χ3n) is 3.23. The molecule has 0 aliphatic carbocycles. The van der Waals surface area contributed by atoms with Gasteiger partial charge in [-0.2, -0.15) is 0 Å². The van der Waals surface area contributed by atoms with E-state index in [1.165, 1.54) is 0 Å². The largest absolute Gasteiger partial charge is 0.426 e. The molecule has 0 unspecified atom stereocenters. The molecule has 0 aliphatic rings. The number of carbonyl (C=O) groups excluding carboxylic acids is 1. The number of rotatable bonds is 5. The highest BCUT2D eigenvalue weighted by molar-refractivity contribution is 5.89. The van der Waals surface area contributed by atoms with Gasteiger partial charge in [0.2, 0.25) is 5.91 Å². The Morgan fingerprint density at radius 2 is 2.05 bits per heavy atom. The van der Waals surface area contributed by atoms with Crippen LogP contribution in [0.15, 0.2) is 27.4 Å². The summed E-state index contributed by atoms with van der Waals surface area (Å²) in [6.45, 7) is 4.05. The predicted molar refractivity (Wildman–Crippen MR) is 74.6 cm³/mol. The Labute approximate surface area is 112 Å². The van der Waals surface area contributed by atoms with E-state index in [9.17, 15) is 9.59 Å². The predicted octanol–water partition coefficient (Wildman–Crippen LogP) is 3.51. The molecule has 1 aromatic carbocycles. The molecule has 102 valence electrons. The lowest BCUT2D eigenvalue weighted by molar-refractivity contribution is 0.0895. The highest BCUT2D eigenvalue weighted by atomic mass is 16.4. The van der Waals surface area contributed by atoms with E-state index in [1.807, 2.05) is 19.1 Å². The van der Waals surface area contributed by atoms with E-state index in [2.05, 4.69) is 6.92 Å². The van der Waals surface area contributed by atoms with Gasteiger partial charge in [0.25, 0.3) is 0 Å². The van der Waals surface area contributed by atoms with Crippen molar-refractivity contribution < 1.29 is 9.21 Å². The lowest BCUT2D eigenvalue weighted by atomic mass is 10.1. The number of aryl methyl sites for hydroxylation is 1. The van der Waals surface area contributed by atoms with E-state index in [4.69, 9.17) is 4.42 Å². The molecule has 0 N–H and O–H groups in total. The molecule has 0 saturated heterocycles. The topological polar surface area (TPSA) is 52.2 Å². The molecule has 4 heteroatoms. The fourth-order valence-corrected chi connectivity index (χ4v) is 2.18. The van der Waals surface area contributed by atoms with Crippen LogP contribution in [-0.2, 0) is 0 Å². The molecule has 1 heterocycles. The van der Waals surface area contributed by atoms with Crippen LogP contribution in [0.5, 0.6) is 0 Å². The molecule has 0 atom stereocenters. The maximum Gasteiger partial charge on any atom is 0.426 e. The molecule has 0 bridgehead atoms. The van der Waals surface area contributed by atoms with Gasteiger partial charge in [-0.1, -0.05) is 32.3 Å². The van der Waals surface area contributed by atoms with Gasteiger partial charge in [-0.25, -0.2) is 9.36 Å². The Bertz CT molecular complexity index is 636. The minimum atomic E-state index is -0.582. The fraction of sp³-hybridized carbons (Fsp3) is 0.467. The second-order valence-electron chi connectivity index (χ2n) is 4.88. The van der Waals surface area contributed by atoms with Crippen LogP contribution in [0, 0.1) is 6.92 Å². The summed E-state index contributed by atoms with van der Waals surface area (Å²) in [7, 11) is 0. The van der Waals surface area contributed by atoms with Gasteiger partial charge in [-0.05, 0) is 31.0 Å². The van der Waals surface area contributed by atoms with Crippen LogP contribution in [-0.4, -0.2) is 10.5 Å². The van der Waals surface area contributed by atoms with Crippen molar-refractivity contribution in [3.63, 3.8) is 0 Å². The number of unbranched alkanes of at least 4 members (excludes halogenated alkanes) is 3. The third kappa shape index (κ3) is 2.95. The molecule has 1 aromatic heterocycles. The SMILES string of the molecule is CCCCCCC(=O)n1c(=O)oc2ccc(C)cc21. The molecule has 0 amide bonds. The first-order valence-electron chi connectivity index (χ1n) is 6.79. The molecular weight excluding hydrogens is 242 g/mol. The quantitative estimate of drug-likeness (QED) is 0.774. The van der Waals surface area contributed by atoms with Crippen LogP contribution < -0.4 is 5.76 Å². The minimum absolute atomic E-state index is 0.176. The van der Waals surface area contributed by atoms with Gasteiger partial charge in [0, 0.05) is 6.42 Å². The van der Waals surface area contributed by atoms with Gasteiger partial charge in [0.05, 0.1) is 5.52 Å². The molecule has 0 fully saturated rings. The van der Waals surface area contributed by atoms with Gasteiger partial charge in [-0.3, -0.25) is 4.79 Å². The van der Waals surface area contributed by atoms with Crippen LogP contribution in [0.25, 0.3) is 11.1 Å². The van der Waals surface area contributed by atoms with Crippen LogP contribution >= 0.6 is 0 Å². The van der Waals surface area contributed by atoms with Gasteiger partial charge < -0.3 is 4.42 Å². The van der Waals surface area contributed by atoms with Crippen molar-refractivity contribution in [3.05, 3.63) is 34.3 Å². The van der Waals surface area contributed by atoms with Crippen LogP contribution in [0.1, 0.15) is 49.4 Å². The highest BCUT2D eigenvalue weighted by Gasteiger charge is 2.15. The van der Waals surface area contributed by atoms with E-state index in [1.54, 1.807) is 6.07 Å². The van der Waals surface area contributed by atoms with Crippen molar-refractivity contribution in [2.24, 2.45) is 0 Å². The number of hydrogen-bond donors (Lipinski definition) is 0. The lowest BCUT2D eigenvalue weighted by Gasteiger charge is -2.01. The minimum Gasteiger partial charge on any atom is -0.407 e. The van der Waals surface area contributed by atoms with Crippen LogP contribution in [0.2, 0.25) is 0 Å². The van der Waals surface area contributed by atoms with Crippen molar-refractivity contribution in [3.8, 4) is 0 Å². The monoisotopic (exact) mass is 261 g/mol. The summed E-state index contributed by atoms with van der Waals surface area (Å²) >= 11 is 0. The standard InChI is InChI=1S/C15H19NO3/c1-3-4-5-6-7-14(17)16-12-10-11(2)8-9-13(12)19-15(16)18/h8-10H,3-7H2,1-2H3. The summed E-state index contributed by atoms with van der Waals surface area (Å²) in [6.07, 6.45) is 4.47. The van der Waals surface area contributed by atoms with Crippen molar-refractivity contribution >= 4 is 17.0 Å². The molecule has 0 spiro atoms. The summed E-state index contributed by atoms with van der Waals surface area (Å²) in [5.41, 5.74) is 2.05. The van der Waals surface area contributed by atoms with Crippen molar-refractivity contribution in [1.29, 1.82) is 0 Å². The zero-order valence-electron chi connectivity index (χ0n) is 11.4. The summed E-state index contributed by atoms with van der Waals surface area (Å²) < 4.78 is 6.25. The van der Waals surface area contributed by atoms with Gasteiger partial charge in [0.1, 0.15) is 0 Å². The third-order valence-corrected chi connectivity index (χ3v) is 3.23. The highest BCUT2D eigenvalue weighted by Crippen LogP contribution is 2.15. The smallest absolute Gasteiger partial charge is 0.407 e. The first-order valence-corrected chi connectivity index (χ1v) is 6.79. The second-order valence-corrected chi connectivity index (χ2v) is 4.88. The number of aromatic nitrogens is 1. The first-order chi connectivity index (χ1) is 9.13. The van der Waals surface area contributed by atoms with E-state index >= 15 is 0 Å². The molecule has 19 heavy (non-hydrogen) atoms. The molecule has 2 aromatic rings. The van der Waals surface area contributed by atoms with Crippen molar-refractivity contribution in [2.45, 2.75) is 46.0 Å². The Morgan fingerprint density at radius 3 is 2.79 bits per heavy atom. The van der Waals surface area contributed by atoms with Gasteiger partial charge >= 0.3 is 5.76 Å². The van der Waals surface area contributed by atoms with Crippen molar-refractivity contribution in [2.75, 3.05) is 0 Å². The lowest BCUT2D eigenvalue weighted by Crippen LogP contribution is -2.22. The number of nitrogens with zero attached hydrogens (tertiary/aromatic N) is 1. The molecule has 0 radical (unpaired) electrons. The normalized spacial score (nSPS) is 11.1. The van der Waals surface area contributed by atoms with Gasteiger partial charge in [-0.15, -0.1) is 0 Å². The number of carbonyl (C=O) groups is 1. The Hall–Kier alpha value is -1.84. The zero-order chi connectivity index (χ0) is 13.8. The molecular formula is C15H19NO3. The van der Waals surface area contributed by atoms with E-state index in [0.717, 1.165) is 35.8 Å². The van der Waals surface area contributed by atoms with Gasteiger partial charge in [0.15, 0.2) is 5.58 Å². The maximum atomic E-state index is 12.1. The van der Waals surface area contributed by atoms with Crippen LogP contribution in [0.3, 0.4) is 0 Å². The molecule has 2 rings (SSSR count). The molecule has 4 nitrogen and oxygen atoms in total. The number of fused-ring (bicyclic) bond motifs is 1. The zero-order valence-corrected chi connectivity index (χ0v) is 11.4. The first kappa shape index (κ1) is 13.6. The fourth-order valence-electron chi connectivity index (χ4n) is 2.18. The summed E-state index contributed by atoms with van der Waals surface area (Å²) in [5, 5.41) is 0. The van der Waals surface area contributed by atoms with E-state index < -0.39 is 5.76 Å². The second kappa shape index (κ2) is 5.87. The summed E-state index contributed by atoms with van der Waals surface area (Å²) in [6, 6.07) is 5.40. The maximum absolute atomic E-state index is 12.1. The average molecular weight is 261 g/mol. The number of oxazole rings is 1. The van der Waals surface area contributed by atoms with E-state index in [0.29, 0.717) is 17.5 Å². The Balaban J connectivity index is 2.23. The summed E-state index contributed by atoms with van der Waals surface area (Å²) in [5.74, 6) is -0.758. The Kier molecular flexibility index (Phi) is 4.20. The average Bonchev–Trinajstić information content (AvgIpc) is 2.70. The molecule has 0 saturated carbocycles. The van der Waals surface area contributed by atoms with E-state index in [-0.39, 0.29) is 5.91 Å². The molecule has 0 aliphatic heterocycles. The van der Waals surface area contributed by atoms with Crippen molar-refractivity contribution in [1.82, 2.24) is 4.57 Å². The van der Waals surface area contributed by atoms with Crippen LogP contribution in [0.4, 0.5) is 0 Å². The summed E-state index contributed by atoms with van der Waals surface area (Å²) in [4.78, 5) is 23.9.